The van der Waals surface area contributed by atoms with Crippen LogP contribution in [0.5, 0.6) is 0 Å². The fourth-order valence-electron chi connectivity index (χ4n) is 2.29. The summed E-state index contributed by atoms with van der Waals surface area (Å²) in [5.74, 6) is -0.646. The van der Waals surface area contributed by atoms with Crippen molar-refractivity contribution in [1.82, 2.24) is 4.90 Å². The highest BCUT2D eigenvalue weighted by Crippen LogP contribution is 2.36. The third kappa shape index (κ3) is 2.32. The molecule has 0 aromatic carbocycles. The maximum atomic E-state index is 12.4. The third-order valence-electron chi connectivity index (χ3n) is 3.15. The van der Waals surface area contributed by atoms with E-state index in [1.807, 2.05) is 11.8 Å². The van der Waals surface area contributed by atoms with Crippen molar-refractivity contribution in [2.75, 3.05) is 13.1 Å². The summed E-state index contributed by atoms with van der Waals surface area (Å²) in [6.07, 6.45) is -3.65. The van der Waals surface area contributed by atoms with Gasteiger partial charge in [-0.25, -0.2) is 0 Å². The number of likely N-dealkylation sites (tertiary alicyclic amines) is 1. The van der Waals surface area contributed by atoms with Crippen molar-refractivity contribution in [3.63, 3.8) is 0 Å². The Labute approximate surface area is 97.4 Å². The Morgan fingerprint density at radius 1 is 1.47 bits per heavy atom. The van der Waals surface area contributed by atoms with Gasteiger partial charge in [0, 0.05) is 12.6 Å². The third-order valence-corrected chi connectivity index (χ3v) is 3.15. The van der Waals surface area contributed by atoms with E-state index in [-0.39, 0.29) is 12.1 Å². The van der Waals surface area contributed by atoms with Crippen molar-refractivity contribution >= 4 is 0 Å². The Bertz CT molecular complexity index is 388. The van der Waals surface area contributed by atoms with Gasteiger partial charge in [-0.05, 0) is 25.1 Å². The molecule has 2 N–H and O–H groups in total. The molecular weight excluding hydrogens is 233 g/mol. The van der Waals surface area contributed by atoms with Crippen LogP contribution in [0, 0.1) is 0 Å². The average Bonchev–Trinajstić information content (AvgIpc) is 2.82. The number of halogens is 3. The van der Waals surface area contributed by atoms with Gasteiger partial charge in [-0.15, -0.1) is 0 Å². The fourth-order valence-corrected chi connectivity index (χ4v) is 2.29. The molecule has 1 aromatic rings. The molecule has 0 amide bonds. The Hall–Kier alpha value is -1.01. The van der Waals surface area contributed by atoms with Crippen LogP contribution in [-0.4, -0.2) is 24.0 Å². The van der Waals surface area contributed by atoms with Gasteiger partial charge in [-0.2, -0.15) is 13.2 Å². The standard InChI is InChI=1S/C11H15F3N2O/c1-2-16-6-5-7(15)10(16)8-3-4-9(17-8)11(12,13)14/h3-4,7,10H,2,5-6,15H2,1H3. The van der Waals surface area contributed by atoms with E-state index in [9.17, 15) is 13.2 Å². The van der Waals surface area contributed by atoms with Crippen LogP contribution in [0.2, 0.25) is 0 Å². The fraction of sp³-hybridized carbons (Fsp3) is 0.636. The summed E-state index contributed by atoms with van der Waals surface area (Å²) in [5, 5.41) is 0. The Kier molecular flexibility index (Phi) is 3.18. The molecule has 0 aliphatic carbocycles. The zero-order valence-electron chi connectivity index (χ0n) is 9.50. The van der Waals surface area contributed by atoms with Crippen LogP contribution in [0.1, 0.15) is 30.9 Å². The lowest BCUT2D eigenvalue weighted by atomic mass is 10.1. The first-order valence-corrected chi connectivity index (χ1v) is 5.60. The van der Waals surface area contributed by atoms with Gasteiger partial charge in [0.2, 0.25) is 5.76 Å². The summed E-state index contributed by atoms with van der Waals surface area (Å²) < 4.78 is 42.2. The molecule has 3 nitrogen and oxygen atoms in total. The van der Waals surface area contributed by atoms with E-state index in [1.54, 1.807) is 0 Å². The minimum Gasteiger partial charge on any atom is -0.455 e. The molecule has 0 saturated carbocycles. The lowest BCUT2D eigenvalue weighted by Gasteiger charge is -2.23. The Morgan fingerprint density at radius 2 is 2.18 bits per heavy atom. The van der Waals surface area contributed by atoms with E-state index in [0.29, 0.717) is 5.76 Å². The van der Waals surface area contributed by atoms with E-state index in [2.05, 4.69) is 0 Å². The number of hydrogen-bond donors (Lipinski definition) is 1. The van der Waals surface area contributed by atoms with Crippen LogP contribution < -0.4 is 5.73 Å². The zero-order chi connectivity index (χ0) is 12.6. The first-order chi connectivity index (χ1) is 7.93. The van der Waals surface area contributed by atoms with Crippen LogP contribution in [0.15, 0.2) is 16.5 Å². The quantitative estimate of drug-likeness (QED) is 0.873. The van der Waals surface area contributed by atoms with Crippen LogP contribution in [-0.2, 0) is 6.18 Å². The minimum atomic E-state index is -4.43. The summed E-state index contributed by atoms with van der Waals surface area (Å²) in [6.45, 7) is 3.50. The van der Waals surface area contributed by atoms with Gasteiger partial charge in [0.1, 0.15) is 5.76 Å². The summed E-state index contributed by atoms with van der Waals surface area (Å²) in [4.78, 5) is 2.03. The predicted octanol–water partition coefficient (Wildman–Crippen LogP) is 2.39. The molecule has 1 aromatic heterocycles. The van der Waals surface area contributed by atoms with E-state index >= 15 is 0 Å². The van der Waals surface area contributed by atoms with Crippen LogP contribution in [0.4, 0.5) is 13.2 Å². The van der Waals surface area contributed by atoms with Crippen molar-refractivity contribution in [3.05, 3.63) is 23.7 Å². The highest BCUT2D eigenvalue weighted by atomic mass is 19.4. The number of nitrogens with zero attached hydrogens (tertiary/aromatic N) is 1. The largest absolute Gasteiger partial charge is 0.455 e. The lowest BCUT2D eigenvalue weighted by Crippen LogP contribution is -2.31. The number of rotatable bonds is 2. The maximum Gasteiger partial charge on any atom is 0.449 e. The minimum absolute atomic E-state index is 0.165. The average molecular weight is 248 g/mol. The second kappa shape index (κ2) is 4.34. The molecule has 0 bridgehead atoms. The molecule has 1 aliphatic rings. The maximum absolute atomic E-state index is 12.4. The molecular formula is C11H15F3N2O. The van der Waals surface area contributed by atoms with Gasteiger partial charge in [0.25, 0.3) is 0 Å². The second-order valence-electron chi connectivity index (χ2n) is 4.23. The van der Waals surface area contributed by atoms with Crippen molar-refractivity contribution in [2.24, 2.45) is 5.73 Å². The van der Waals surface area contributed by atoms with Gasteiger partial charge < -0.3 is 10.2 Å². The van der Waals surface area contributed by atoms with Gasteiger partial charge >= 0.3 is 6.18 Å². The molecule has 2 heterocycles. The normalized spacial score (nSPS) is 26.6. The number of likely N-dealkylation sites (N-methyl/N-ethyl adjacent to an activating group) is 1. The predicted molar refractivity (Wildman–Crippen MR) is 56.3 cm³/mol. The summed E-state index contributed by atoms with van der Waals surface area (Å²) in [5.41, 5.74) is 5.91. The molecule has 1 fully saturated rings. The highest BCUT2D eigenvalue weighted by Gasteiger charge is 2.38. The topological polar surface area (TPSA) is 42.4 Å². The molecule has 0 radical (unpaired) electrons. The molecule has 2 rings (SSSR count). The van der Waals surface area contributed by atoms with Crippen molar-refractivity contribution in [2.45, 2.75) is 31.6 Å². The van der Waals surface area contributed by atoms with Crippen molar-refractivity contribution < 1.29 is 17.6 Å². The molecule has 17 heavy (non-hydrogen) atoms. The van der Waals surface area contributed by atoms with Gasteiger partial charge in [0.15, 0.2) is 0 Å². The lowest BCUT2D eigenvalue weighted by molar-refractivity contribution is -0.153. The molecule has 2 unspecified atom stereocenters. The van der Waals surface area contributed by atoms with E-state index in [4.69, 9.17) is 10.2 Å². The number of alkyl halides is 3. The number of furan rings is 1. The van der Waals surface area contributed by atoms with Gasteiger partial charge in [-0.3, -0.25) is 4.90 Å². The molecule has 96 valence electrons. The SMILES string of the molecule is CCN1CCC(N)C1c1ccc(C(F)(F)F)o1. The Morgan fingerprint density at radius 3 is 2.71 bits per heavy atom. The van der Waals surface area contributed by atoms with Crippen LogP contribution >= 0.6 is 0 Å². The second-order valence-corrected chi connectivity index (χ2v) is 4.23. The summed E-state index contributed by atoms with van der Waals surface area (Å²) in [7, 11) is 0. The van der Waals surface area contributed by atoms with Crippen molar-refractivity contribution in [3.8, 4) is 0 Å². The Balaban J connectivity index is 2.24. The van der Waals surface area contributed by atoms with Crippen LogP contribution in [0.25, 0.3) is 0 Å². The molecule has 1 aliphatic heterocycles. The van der Waals surface area contributed by atoms with E-state index < -0.39 is 11.9 Å². The first-order valence-electron chi connectivity index (χ1n) is 5.60. The number of nitrogens with two attached hydrogens (primary N) is 1. The number of hydrogen-bond acceptors (Lipinski definition) is 3. The van der Waals surface area contributed by atoms with Crippen LogP contribution in [0.3, 0.4) is 0 Å². The smallest absolute Gasteiger partial charge is 0.449 e. The first kappa shape index (κ1) is 12.4. The monoisotopic (exact) mass is 248 g/mol. The van der Waals surface area contributed by atoms with E-state index in [1.165, 1.54) is 6.07 Å². The van der Waals surface area contributed by atoms with E-state index in [0.717, 1.165) is 25.6 Å². The molecule has 2 atom stereocenters. The molecule has 0 spiro atoms. The summed E-state index contributed by atoms with van der Waals surface area (Å²) in [6, 6.07) is 1.94. The van der Waals surface area contributed by atoms with Gasteiger partial charge in [-0.1, -0.05) is 6.92 Å². The summed E-state index contributed by atoms with van der Waals surface area (Å²) >= 11 is 0. The molecule has 6 heteroatoms. The molecule has 1 saturated heterocycles. The van der Waals surface area contributed by atoms with Crippen molar-refractivity contribution in [1.29, 1.82) is 0 Å². The van der Waals surface area contributed by atoms with Gasteiger partial charge in [0.05, 0.1) is 6.04 Å². The zero-order valence-corrected chi connectivity index (χ0v) is 9.50. The highest BCUT2D eigenvalue weighted by molar-refractivity contribution is 5.16.